The van der Waals surface area contributed by atoms with Gasteiger partial charge in [0, 0.05) is 25.3 Å². The van der Waals surface area contributed by atoms with Crippen molar-refractivity contribution in [3.8, 4) is 0 Å². The van der Waals surface area contributed by atoms with Gasteiger partial charge in [-0.05, 0) is 31.0 Å². The first kappa shape index (κ1) is 8.97. The zero-order valence-electron chi connectivity index (χ0n) is 7.92. The summed E-state index contributed by atoms with van der Waals surface area (Å²) in [6.07, 6.45) is 1.89. The van der Waals surface area contributed by atoms with E-state index >= 15 is 0 Å². The number of hydrogen-bond acceptors (Lipinski definition) is 2. The normalized spacial score (nSPS) is 16.6. The van der Waals surface area contributed by atoms with Crippen molar-refractivity contribution < 1.29 is 0 Å². The van der Waals surface area contributed by atoms with Crippen molar-refractivity contribution in [1.82, 2.24) is 9.88 Å². The Morgan fingerprint density at radius 1 is 1.38 bits per heavy atom. The van der Waals surface area contributed by atoms with Gasteiger partial charge in [-0.1, -0.05) is 11.6 Å². The molecule has 0 N–H and O–H groups in total. The van der Waals surface area contributed by atoms with Gasteiger partial charge in [0.05, 0.1) is 0 Å². The highest BCUT2D eigenvalue weighted by atomic mass is 35.5. The topological polar surface area (TPSA) is 16.1 Å². The van der Waals surface area contributed by atoms with Gasteiger partial charge in [0.1, 0.15) is 5.15 Å². The minimum absolute atomic E-state index is 0.589. The molecule has 1 aromatic rings. The van der Waals surface area contributed by atoms with Crippen LogP contribution in [0.5, 0.6) is 0 Å². The van der Waals surface area contributed by atoms with Crippen LogP contribution in [0.4, 0.5) is 0 Å². The molecule has 0 aromatic carbocycles. The minimum Gasteiger partial charge on any atom is -0.292 e. The molecule has 2 rings (SSSR count). The number of halogens is 1. The van der Waals surface area contributed by atoms with E-state index in [2.05, 4.69) is 23.7 Å². The van der Waals surface area contributed by atoms with Crippen LogP contribution < -0.4 is 0 Å². The number of pyridine rings is 1. The fourth-order valence-corrected chi connectivity index (χ4v) is 1.82. The maximum absolute atomic E-state index is 5.82. The number of nitrogens with zero attached hydrogens (tertiary/aromatic N) is 2. The Bertz CT molecular complexity index is 323. The predicted octanol–water partition coefficient (Wildman–Crippen LogP) is 2.46. The largest absolute Gasteiger partial charge is 0.292 e. The molecule has 2 heterocycles. The van der Waals surface area contributed by atoms with Gasteiger partial charge < -0.3 is 0 Å². The van der Waals surface area contributed by atoms with E-state index in [9.17, 15) is 0 Å². The lowest BCUT2D eigenvalue weighted by Crippen LogP contribution is -2.24. The zero-order valence-corrected chi connectivity index (χ0v) is 8.67. The molecule has 0 saturated heterocycles. The van der Waals surface area contributed by atoms with Crippen LogP contribution in [-0.2, 0) is 13.1 Å². The highest BCUT2D eigenvalue weighted by molar-refractivity contribution is 6.29. The van der Waals surface area contributed by atoms with Gasteiger partial charge in [0.15, 0.2) is 0 Å². The second-order valence-corrected chi connectivity index (χ2v) is 4.16. The predicted molar refractivity (Wildman–Crippen MR) is 53.6 cm³/mol. The molecule has 0 saturated carbocycles. The maximum Gasteiger partial charge on any atom is 0.129 e. The van der Waals surface area contributed by atoms with Gasteiger partial charge >= 0.3 is 0 Å². The Kier molecular flexibility index (Phi) is 2.26. The van der Waals surface area contributed by atoms with Crippen LogP contribution in [-0.4, -0.2) is 15.9 Å². The fourth-order valence-electron chi connectivity index (χ4n) is 1.64. The van der Waals surface area contributed by atoms with Gasteiger partial charge in [0.2, 0.25) is 0 Å². The van der Waals surface area contributed by atoms with Gasteiger partial charge in [-0.15, -0.1) is 0 Å². The Labute approximate surface area is 83.5 Å². The summed E-state index contributed by atoms with van der Waals surface area (Å²) in [5.74, 6) is 0. The van der Waals surface area contributed by atoms with Crippen molar-refractivity contribution in [3.63, 3.8) is 0 Å². The van der Waals surface area contributed by atoms with Gasteiger partial charge in [-0.2, -0.15) is 0 Å². The van der Waals surface area contributed by atoms with E-state index in [1.54, 1.807) is 0 Å². The lowest BCUT2D eigenvalue weighted by molar-refractivity contribution is 0.227. The van der Waals surface area contributed by atoms with Crippen LogP contribution in [0.1, 0.15) is 25.0 Å². The number of hydrogen-bond donors (Lipinski definition) is 0. The summed E-state index contributed by atoms with van der Waals surface area (Å²) in [5, 5.41) is 0.601. The molecule has 70 valence electrons. The highest BCUT2D eigenvalue weighted by Crippen LogP contribution is 2.25. The summed E-state index contributed by atoms with van der Waals surface area (Å²) in [7, 11) is 0. The summed E-state index contributed by atoms with van der Waals surface area (Å²) in [6, 6.07) is 2.56. The van der Waals surface area contributed by atoms with E-state index in [-0.39, 0.29) is 0 Å². The number of fused-ring (bicyclic) bond motifs is 1. The van der Waals surface area contributed by atoms with Crippen LogP contribution in [0.3, 0.4) is 0 Å². The Morgan fingerprint density at radius 3 is 2.77 bits per heavy atom. The van der Waals surface area contributed by atoms with Crippen LogP contribution in [0.25, 0.3) is 0 Å². The average Bonchev–Trinajstić information content (AvgIpc) is 2.46. The first-order valence-electron chi connectivity index (χ1n) is 4.54. The quantitative estimate of drug-likeness (QED) is 0.642. The molecular formula is C10H13ClN2. The van der Waals surface area contributed by atoms with E-state index in [1.807, 2.05) is 12.3 Å². The summed E-state index contributed by atoms with van der Waals surface area (Å²) in [4.78, 5) is 6.49. The third kappa shape index (κ3) is 1.69. The Hall–Kier alpha value is -0.600. The first-order chi connectivity index (χ1) is 6.16. The molecule has 1 aliphatic heterocycles. The lowest BCUT2D eigenvalue weighted by atomic mass is 10.2. The van der Waals surface area contributed by atoms with E-state index in [1.165, 1.54) is 11.1 Å². The summed E-state index contributed by atoms with van der Waals surface area (Å²) in [6.45, 7) is 6.44. The molecule has 0 unspecified atom stereocenters. The molecule has 0 bridgehead atoms. The van der Waals surface area contributed by atoms with Crippen molar-refractivity contribution >= 4 is 11.6 Å². The Morgan fingerprint density at radius 2 is 2.08 bits per heavy atom. The molecule has 1 aromatic heterocycles. The standard InChI is InChI=1S/C10H13ClN2/c1-7(2)13-5-8-3-10(11)12-4-9(8)6-13/h3-4,7H,5-6H2,1-2H3. The molecule has 3 heteroatoms. The van der Waals surface area contributed by atoms with Crippen LogP contribution in [0, 0.1) is 0 Å². The van der Waals surface area contributed by atoms with E-state index in [0.29, 0.717) is 11.2 Å². The third-order valence-corrected chi connectivity index (χ3v) is 2.73. The van der Waals surface area contributed by atoms with E-state index in [4.69, 9.17) is 11.6 Å². The molecular weight excluding hydrogens is 184 g/mol. The zero-order chi connectivity index (χ0) is 9.42. The molecule has 13 heavy (non-hydrogen) atoms. The van der Waals surface area contributed by atoms with Gasteiger partial charge in [-0.3, -0.25) is 4.90 Å². The van der Waals surface area contributed by atoms with E-state index in [0.717, 1.165) is 13.1 Å². The fraction of sp³-hybridized carbons (Fsp3) is 0.500. The first-order valence-corrected chi connectivity index (χ1v) is 4.92. The Balaban J connectivity index is 2.25. The smallest absolute Gasteiger partial charge is 0.129 e. The van der Waals surface area contributed by atoms with Gasteiger partial charge in [0.25, 0.3) is 0 Å². The van der Waals surface area contributed by atoms with Crippen molar-refractivity contribution in [2.75, 3.05) is 0 Å². The lowest BCUT2D eigenvalue weighted by Gasteiger charge is -2.18. The molecule has 2 nitrogen and oxygen atoms in total. The van der Waals surface area contributed by atoms with Gasteiger partial charge in [-0.25, -0.2) is 4.98 Å². The number of rotatable bonds is 1. The average molecular weight is 197 g/mol. The van der Waals surface area contributed by atoms with Crippen molar-refractivity contribution in [2.24, 2.45) is 0 Å². The highest BCUT2D eigenvalue weighted by Gasteiger charge is 2.21. The van der Waals surface area contributed by atoms with Crippen molar-refractivity contribution in [1.29, 1.82) is 0 Å². The maximum atomic E-state index is 5.82. The second-order valence-electron chi connectivity index (χ2n) is 3.77. The van der Waals surface area contributed by atoms with E-state index < -0.39 is 0 Å². The van der Waals surface area contributed by atoms with Crippen LogP contribution >= 0.6 is 11.6 Å². The minimum atomic E-state index is 0.589. The van der Waals surface area contributed by atoms with Crippen LogP contribution in [0.2, 0.25) is 5.15 Å². The summed E-state index contributed by atoms with van der Waals surface area (Å²) < 4.78 is 0. The second kappa shape index (κ2) is 3.28. The summed E-state index contributed by atoms with van der Waals surface area (Å²) >= 11 is 5.82. The molecule has 0 amide bonds. The SMILES string of the molecule is CC(C)N1Cc2cnc(Cl)cc2C1. The van der Waals surface area contributed by atoms with Crippen molar-refractivity contribution in [2.45, 2.75) is 33.0 Å². The molecule has 0 fully saturated rings. The number of aromatic nitrogens is 1. The summed E-state index contributed by atoms with van der Waals surface area (Å²) in [5.41, 5.74) is 2.65. The molecule has 0 aliphatic carbocycles. The molecule has 0 radical (unpaired) electrons. The monoisotopic (exact) mass is 196 g/mol. The third-order valence-electron chi connectivity index (χ3n) is 2.53. The van der Waals surface area contributed by atoms with Crippen LogP contribution in [0.15, 0.2) is 12.3 Å². The molecule has 0 atom stereocenters. The molecule has 0 spiro atoms. The molecule has 1 aliphatic rings. The van der Waals surface area contributed by atoms with Crippen molar-refractivity contribution in [3.05, 3.63) is 28.5 Å².